The van der Waals surface area contributed by atoms with Gasteiger partial charge in [-0.2, -0.15) is 0 Å². The maximum atomic E-state index is 13.1. The number of rotatable bonds is 6. The molecule has 1 heterocycles. The van der Waals surface area contributed by atoms with Crippen LogP contribution in [0.15, 0.2) is 48.5 Å². The maximum Gasteiger partial charge on any atom is 0.255 e. The highest BCUT2D eigenvalue weighted by Gasteiger charge is 2.34. The summed E-state index contributed by atoms with van der Waals surface area (Å²) in [5.74, 6) is 0.473. The predicted molar refractivity (Wildman–Crippen MR) is 130 cm³/mol. The summed E-state index contributed by atoms with van der Waals surface area (Å²) < 4.78 is 0. The smallest absolute Gasteiger partial charge is 0.255 e. The van der Waals surface area contributed by atoms with Crippen molar-refractivity contribution >= 4 is 35.2 Å². The van der Waals surface area contributed by atoms with Gasteiger partial charge in [-0.15, -0.1) is 11.8 Å². The van der Waals surface area contributed by atoms with E-state index in [9.17, 15) is 9.59 Å². The molecule has 4 nitrogen and oxygen atoms in total. The molecule has 1 unspecified atom stereocenters. The van der Waals surface area contributed by atoms with Gasteiger partial charge in [0.05, 0.1) is 16.3 Å². The van der Waals surface area contributed by atoms with Crippen LogP contribution in [0.25, 0.3) is 0 Å². The van der Waals surface area contributed by atoms with E-state index in [0.717, 1.165) is 5.56 Å². The number of carbonyl (C=O) groups excluding carboxylic acids is 2. The third-order valence-electron chi connectivity index (χ3n) is 5.60. The van der Waals surface area contributed by atoms with Crippen LogP contribution in [0.2, 0.25) is 5.02 Å². The monoisotopic (exact) mass is 458 g/mol. The van der Waals surface area contributed by atoms with Crippen LogP contribution in [-0.4, -0.2) is 46.5 Å². The van der Waals surface area contributed by atoms with E-state index in [4.69, 9.17) is 11.6 Å². The molecule has 0 N–H and O–H groups in total. The summed E-state index contributed by atoms with van der Waals surface area (Å²) >= 11 is 7.90. The Morgan fingerprint density at radius 2 is 1.81 bits per heavy atom. The Morgan fingerprint density at radius 3 is 2.39 bits per heavy atom. The molecule has 0 radical (unpaired) electrons. The second kappa shape index (κ2) is 9.66. The van der Waals surface area contributed by atoms with Gasteiger partial charge in [0.1, 0.15) is 5.37 Å². The average molecular weight is 459 g/mol. The van der Waals surface area contributed by atoms with Crippen molar-refractivity contribution in [3.05, 3.63) is 70.2 Å². The van der Waals surface area contributed by atoms with E-state index in [2.05, 4.69) is 45.0 Å². The normalized spacial score (nSPS) is 16.8. The van der Waals surface area contributed by atoms with E-state index in [1.165, 1.54) is 5.56 Å². The summed E-state index contributed by atoms with van der Waals surface area (Å²) in [7, 11) is 0. The van der Waals surface area contributed by atoms with E-state index in [1.807, 2.05) is 30.9 Å². The topological polar surface area (TPSA) is 40.6 Å². The Morgan fingerprint density at radius 1 is 1.16 bits per heavy atom. The first kappa shape index (κ1) is 23.7. The van der Waals surface area contributed by atoms with Gasteiger partial charge < -0.3 is 9.80 Å². The minimum absolute atomic E-state index is 0.00125. The van der Waals surface area contributed by atoms with E-state index < -0.39 is 0 Å². The van der Waals surface area contributed by atoms with Crippen molar-refractivity contribution in [1.82, 2.24) is 9.80 Å². The lowest BCUT2D eigenvalue weighted by atomic mass is 9.87. The number of benzene rings is 2. The summed E-state index contributed by atoms with van der Waals surface area (Å²) in [6.07, 6.45) is 0. The fourth-order valence-corrected chi connectivity index (χ4v) is 5.15. The number of thioether (sulfide) groups is 1. The Bertz CT molecular complexity index is 937. The van der Waals surface area contributed by atoms with Crippen LogP contribution in [0, 0.1) is 0 Å². The number of nitrogens with zero attached hydrogens (tertiary/aromatic N) is 2. The molecule has 1 aliphatic heterocycles. The number of hydrogen-bond donors (Lipinski definition) is 0. The van der Waals surface area contributed by atoms with Crippen molar-refractivity contribution < 1.29 is 9.59 Å². The van der Waals surface area contributed by atoms with Gasteiger partial charge in [0, 0.05) is 19.1 Å². The highest BCUT2D eigenvalue weighted by molar-refractivity contribution is 8.00. The minimum Gasteiger partial charge on any atom is -0.334 e. The van der Waals surface area contributed by atoms with Crippen molar-refractivity contribution in [2.75, 3.05) is 18.8 Å². The van der Waals surface area contributed by atoms with Gasteiger partial charge in [0.2, 0.25) is 5.91 Å². The summed E-state index contributed by atoms with van der Waals surface area (Å²) in [4.78, 5) is 29.4. The largest absolute Gasteiger partial charge is 0.334 e. The zero-order chi connectivity index (χ0) is 22.8. The van der Waals surface area contributed by atoms with E-state index in [1.54, 1.807) is 28.8 Å². The molecule has 3 rings (SSSR count). The van der Waals surface area contributed by atoms with Crippen molar-refractivity contribution in [2.45, 2.75) is 51.4 Å². The second-order valence-corrected chi connectivity index (χ2v) is 10.7. The standard InChI is InChI=1S/C25H31ClN2O2S/c1-17(2)27(23(30)20-8-6-7-9-21(20)26)14-15-28-22(29)16-31-24(28)18-10-12-19(13-11-18)25(3,4)5/h6-13,17,24H,14-16H2,1-5H3. The minimum atomic E-state index is -0.106. The van der Waals surface area contributed by atoms with Crippen molar-refractivity contribution in [1.29, 1.82) is 0 Å². The molecule has 0 aliphatic carbocycles. The molecule has 0 bridgehead atoms. The lowest BCUT2D eigenvalue weighted by molar-refractivity contribution is -0.128. The molecule has 1 fully saturated rings. The zero-order valence-electron chi connectivity index (χ0n) is 18.9. The predicted octanol–water partition coefficient (Wildman–Crippen LogP) is 5.76. The number of carbonyl (C=O) groups is 2. The molecule has 1 aliphatic rings. The van der Waals surface area contributed by atoms with Gasteiger partial charge in [-0.1, -0.05) is 68.8 Å². The van der Waals surface area contributed by atoms with Crippen LogP contribution in [0.1, 0.15) is 61.5 Å². The van der Waals surface area contributed by atoms with E-state index in [0.29, 0.717) is 29.4 Å². The fourth-order valence-electron chi connectivity index (χ4n) is 3.72. The van der Waals surface area contributed by atoms with Crippen LogP contribution in [0.5, 0.6) is 0 Å². The first-order valence-electron chi connectivity index (χ1n) is 10.7. The van der Waals surface area contributed by atoms with Gasteiger partial charge in [0.25, 0.3) is 5.91 Å². The second-order valence-electron chi connectivity index (χ2n) is 9.19. The van der Waals surface area contributed by atoms with E-state index in [-0.39, 0.29) is 28.6 Å². The molecule has 0 spiro atoms. The molecule has 2 aromatic carbocycles. The maximum absolute atomic E-state index is 13.1. The summed E-state index contributed by atoms with van der Waals surface area (Å²) in [6, 6.07) is 15.7. The fraction of sp³-hybridized carbons (Fsp3) is 0.440. The van der Waals surface area contributed by atoms with Crippen LogP contribution in [0.3, 0.4) is 0 Å². The third kappa shape index (κ3) is 5.45. The molecule has 31 heavy (non-hydrogen) atoms. The molecule has 166 valence electrons. The van der Waals surface area contributed by atoms with Crippen molar-refractivity contribution in [3.63, 3.8) is 0 Å². The Labute approximate surface area is 194 Å². The Balaban J connectivity index is 1.75. The van der Waals surface area contributed by atoms with Crippen LogP contribution in [0.4, 0.5) is 0 Å². The molecule has 2 amide bonds. The number of amides is 2. The Hall–Kier alpha value is -1.98. The lowest BCUT2D eigenvalue weighted by Crippen LogP contribution is -2.43. The SMILES string of the molecule is CC(C)N(CCN1C(=O)CSC1c1ccc(C(C)(C)C)cc1)C(=O)c1ccccc1Cl. The van der Waals surface area contributed by atoms with Crippen LogP contribution >= 0.6 is 23.4 Å². The van der Waals surface area contributed by atoms with Gasteiger partial charge in [-0.05, 0) is 42.5 Å². The molecule has 0 aromatic heterocycles. The van der Waals surface area contributed by atoms with E-state index >= 15 is 0 Å². The van der Waals surface area contributed by atoms with Crippen molar-refractivity contribution in [3.8, 4) is 0 Å². The molecular weight excluding hydrogens is 428 g/mol. The molecular formula is C25H31ClN2O2S. The van der Waals surface area contributed by atoms with Gasteiger partial charge in [-0.25, -0.2) is 0 Å². The number of hydrogen-bond acceptors (Lipinski definition) is 3. The van der Waals surface area contributed by atoms with Gasteiger partial charge >= 0.3 is 0 Å². The highest BCUT2D eigenvalue weighted by Crippen LogP contribution is 2.39. The number of halogens is 1. The highest BCUT2D eigenvalue weighted by atomic mass is 35.5. The molecule has 0 saturated carbocycles. The molecule has 1 atom stereocenters. The quantitative estimate of drug-likeness (QED) is 0.552. The summed E-state index contributed by atoms with van der Waals surface area (Å²) in [6.45, 7) is 11.5. The summed E-state index contributed by atoms with van der Waals surface area (Å²) in [5, 5.41) is 0.425. The van der Waals surface area contributed by atoms with Crippen molar-refractivity contribution in [2.24, 2.45) is 0 Å². The van der Waals surface area contributed by atoms with Crippen LogP contribution < -0.4 is 0 Å². The molecule has 2 aromatic rings. The molecule has 6 heteroatoms. The first-order chi connectivity index (χ1) is 14.6. The lowest BCUT2D eigenvalue weighted by Gasteiger charge is -2.31. The van der Waals surface area contributed by atoms with Crippen LogP contribution in [-0.2, 0) is 10.2 Å². The first-order valence-corrected chi connectivity index (χ1v) is 12.1. The Kier molecular flexibility index (Phi) is 7.38. The molecule has 1 saturated heterocycles. The zero-order valence-corrected chi connectivity index (χ0v) is 20.5. The third-order valence-corrected chi connectivity index (χ3v) is 7.19. The van der Waals surface area contributed by atoms with Gasteiger partial charge in [-0.3, -0.25) is 9.59 Å². The van der Waals surface area contributed by atoms with Gasteiger partial charge in [0.15, 0.2) is 0 Å². The summed E-state index contributed by atoms with van der Waals surface area (Å²) in [5.41, 5.74) is 2.98. The average Bonchev–Trinajstić information content (AvgIpc) is 3.08.